The lowest BCUT2D eigenvalue weighted by Gasteiger charge is -2.22. The van der Waals surface area contributed by atoms with E-state index in [0.29, 0.717) is 0 Å². The highest BCUT2D eigenvalue weighted by atomic mass is 16.3. The first-order valence-corrected chi connectivity index (χ1v) is 6.14. The molecule has 0 amide bonds. The van der Waals surface area contributed by atoms with Crippen LogP contribution in [0.5, 0.6) is 0 Å². The van der Waals surface area contributed by atoms with Gasteiger partial charge in [0.2, 0.25) is 0 Å². The predicted octanol–water partition coefficient (Wildman–Crippen LogP) is 0.962. The van der Waals surface area contributed by atoms with Gasteiger partial charge in [0.15, 0.2) is 0 Å². The monoisotopic (exact) mass is 235 g/mol. The van der Waals surface area contributed by atoms with Crippen LogP contribution in [0.3, 0.4) is 0 Å². The van der Waals surface area contributed by atoms with Crippen molar-refractivity contribution in [2.75, 3.05) is 38.6 Å². The van der Waals surface area contributed by atoms with Crippen LogP contribution in [0.2, 0.25) is 0 Å². The number of aliphatic hydroxyl groups is 1. The van der Waals surface area contributed by atoms with Gasteiger partial charge in [-0.25, -0.2) is 4.98 Å². The number of aromatic nitrogens is 1. The fraction of sp³-hybridized carbons (Fsp3) is 0.615. The number of anilines is 1. The Morgan fingerprint density at radius 2 is 2.41 bits per heavy atom. The van der Waals surface area contributed by atoms with Gasteiger partial charge in [-0.1, -0.05) is 0 Å². The summed E-state index contributed by atoms with van der Waals surface area (Å²) in [5.74, 6) is 1.68. The van der Waals surface area contributed by atoms with Crippen molar-refractivity contribution < 1.29 is 5.11 Å². The lowest BCUT2D eigenvalue weighted by Crippen LogP contribution is -2.27. The third kappa shape index (κ3) is 3.17. The van der Waals surface area contributed by atoms with Crippen LogP contribution in [-0.2, 0) is 6.61 Å². The van der Waals surface area contributed by atoms with Crippen LogP contribution in [0, 0.1) is 5.92 Å². The van der Waals surface area contributed by atoms with Crippen LogP contribution in [0.25, 0.3) is 0 Å². The summed E-state index contributed by atoms with van der Waals surface area (Å²) >= 11 is 0. The number of rotatable bonds is 4. The third-order valence-corrected chi connectivity index (χ3v) is 3.40. The van der Waals surface area contributed by atoms with Crippen LogP contribution in [0.4, 0.5) is 5.82 Å². The zero-order valence-corrected chi connectivity index (χ0v) is 10.6. The minimum Gasteiger partial charge on any atom is -0.392 e. The van der Waals surface area contributed by atoms with Crippen molar-refractivity contribution in [1.29, 1.82) is 0 Å². The van der Waals surface area contributed by atoms with E-state index in [1.807, 2.05) is 12.1 Å². The maximum Gasteiger partial charge on any atom is 0.128 e. The van der Waals surface area contributed by atoms with Gasteiger partial charge in [-0.15, -0.1) is 0 Å². The second-order valence-corrected chi connectivity index (χ2v) is 4.98. The molecule has 1 N–H and O–H groups in total. The Kier molecular flexibility index (Phi) is 3.97. The molecule has 1 fully saturated rings. The van der Waals surface area contributed by atoms with E-state index in [4.69, 9.17) is 5.11 Å². The molecule has 2 rings (SSSR count). The summed E-state index contributed by atoms with van der Waals surface area (Å²) < 4.78 is 0. The Balaban J connectivity index is 1.96. The second-order valence-electron chi connectivity index (χ2n) is 4.98. The summed E-state index contributed by atoms with van der Waals surface area (Å²) in [6, 6.07) is 3.80. The molecule has 0 bridgehead atoms. The van der Waals surface area contributed by atoms with Crippen molar-refractivity contribution in [2.24, 2.45) is 5.92 Å². The molecule has 17 heavy (non-hydrogen) atoms. The SMILES string of the molecule is CN1CCC(CN(C)c2cc(CO)ccn2)C1. The lowest BCUT2D eigenvalue weighted by molar-refractivity contribution is 0.281. The molecule has 0 saturated carbocycles. The maximum absolute atomic E-state index is 9.11. The first-order chi connectivity index (χ1) is 8.19. The topological polar surface area (TPSA) is 39.6 Å². The summed E-state index contributed by atoms with van der Waals surface area (Å²) in [5.41, 5.74) is 0.922. The van der Waals surface area contributed by atoms with Gasteiger partial charge in [-0.3, -0.25) is 0 Å². The van der Waals surface area contributed by atoms with E-state index in [2.05, 4.69) is 28.9 Å². The summed E-state index contributed by atoms with van der Waals surface area (Å²) in [6.07, 6.45) is 3.03. The van der Waals surface area contributed by atoms with E-state index >= 15 is 0 Å². The standard InChI is InChI=1S/C13H21N3O/c1-15-6-4-12(8-15)9-16(2)13-7-11(10-17)3-5-14-13/h3,5,7,12,17H,4,6,8-10H2,1-2H3. The van der Waals surface area contributed by atoms with Crippen LogP contribution in [0.15, 0.2) is 18.3 Å². The van der Waals surface area contributed by atoms with Gasteiger partial charge in [0.25, 0.3) is 0 Å². The van der Waals surface area contributed by atoms with Crippen molar-refractivity contribution in [3.8, 4) is 0 Å². The van der Waals surface area contributed by atoms with E-state index in [1.165, 1.54) is 19.5 Å². The molecule has 1 aliphatic rings. The summed E-state index contributed by atoms with van der Waals surface area (Å²) in [7, 11) is 4.24. The summed E-state index contributed by atoms with van der Waals surface area (Å²) in [4.78, 5) is 8.90. The molecule has 1 aromatic rings. The molecule has 1 atom stereocenters. The van der Waals surface area contributed by atoms with E-state index in [0.717, 1.165) is 23.8 Å². The number of nitrogens with zero attached hydrogens (tertiary/aromatic N) is 3. The van der Waals surface area contributed by atoms with Gasteiger partial charge < -0.3 is 14.9 Å². The molecule has 4 nitrogen and oxygen atoms in total. The van der Waals surface area contributed by atoms with Crippen LogP contribution in [0.1, 0.15) is 12.0 Å². The average Bonchev–Trinajstić information content (AvgIpc) is 2.75. The molecule has 1 saturated heterocycles. The molecule has 1 aromatic heterocycles. The number of pyridine rings is 1. The lowest BCUT2D eigenvalue weighted by atomic mass is 10.1. The van der Waals surface area contributed by atoms with Crippen molar-refractivity contribution in [2.45, 2.75) is 13.0 Å². The smallest absolute Gasteiger partial charge is 0.128 e. The van der Waals surface area contributed by atoms with Crippen LogP contribution in [-0.4, -0.2) is 48.7 Å². The Labute approximate surface area is 103 Å². The Morgan fingerprint density at radius 3 is 3.06 bits per heavy atom. The van der Waals surface area contributed by atoms with Crippen molar-refractivity contribution in [3.05, 3.63) is 23.9 Å². The zero-order chi connectivity index (χ0) is 12.3. The predicted molar refractivity (Wildman–Crippen MR) is 69.0 cm³/mol. The highest BCUT2D eigenvalue weighted by Gasteiger charge is 2.21. The Bertz CT molecular complexity index is 369. The number of aliphatic hydroxyl groups excluding tert-OH is 1. The normalized spacial score (nSPS) is 20.8. The van der Waals surface area contributed by atoms with E-state index in [1.54, 1.807) is 6.20 Å². The second kappa shape index (κ2) is 5.47. The summed E-state index contributed by atoms with van der Waals surface area (Å²) in [5, 5.41) is 9.11. The van der Waals surface area contributed by atoms with E-state index in [-0.39, 0.29) is 6.61 Å². The van der Waals surface area contributed by atoms with Gasteiger partial charge in [0, 0.05) is 26.3 Å². The molecule has 94 valence electrons. The van der Waals surface area contributed by atoms with Gasteiger partial charge >= 0.3 is 0 Å². The highest BCUT2D eigenvalue weighted by Crippen LogP contribution is 2.18. The van der Waals surface area contributed by atoms with Gasteiger partial charge in [-0.2, -0.15) is 0 Å². The van der Waals surface area contributed by atoms with Gasteiger partial charge in [0.05, 0.1) is 6.61 Å². The van der Waals surface area contributed by atoms with Crippen LogP contribution >= 0.6 is 0 Å². The Morgan fingerprint density at radius 1 is 1.59 bits per heavy atom. The minimum absolute atomic E-state index is 0.0789. The molecular formula is C13H21N3O. The van der Waals surface area contributed by atoms with Crippen molar-refractivity contribution >= 4 is 5.82 Å². The quantitative estimate of drug-likeness (QED) is 0.844. The van der Waals surface area contributed by atoms with Crippen molar-refractivity contribution in [3.63, 3.8) is 0 Å². The van der Waals surface area contributed by atoms with E-state index < -0.39 is 0 Å². The van der Waals surface area contributed by atoms with Gasteiger partial charge in [-0.05, 0) is 43.6 Å². The number of likely N-dealkylation sites (tertiary alicyclic amines) is 1. The molecule has 1 aliphatic heterocycles. The van der Waals surface area contributed by atoms with Gasteiger partial charge in [0.1, 0.15) is 5.82 Å². The molecule has 4 heteroatoms. The number of hydrogen-bond acceptors (Lipinski definition) is 4. The first kappa shape index (κ1) is 12.3. The Hall–Kier alpha value is -1.13. The zero-order valence-electron chi connectivity index (χ0n) is 10.6. The molecule has 0 aliphatic carbocycles. The molecule has 0 spiro atoms. The fourth-order valence-corrected chi connectivity index (χ4v) is 2.42. The maximum atomic E-state index is 9.11. The minimum atomic E-state index is 0.0789. The fourth-order valence-electron chi connectivity index (χ4n) is 2.42. The van der Waals surface area contributed by atoms with Crippen molar-refractivity contribution in [1.82, 2.24) is 9.88 Å². The highest BCUT2D eigenvalue weighted by molar-refractivity contribution is 5.39. The molecular weight excluding hydrogens is 214 g/mol. The largest absolute Gasteiger partial charge is 0.392 e. The molecule has 0 aromatic carbocycles. The average molecular weight is 235 g/mol. The molecule has 0 radical (unpaired) electrons. The first-order valence-electron chi connectivity index (χ1n) is 6.14. The number of hydrogen-bond donors (Lipinski definition) is 1. The molecule has 1 unspecified atom stereocenters. The van der Waals surface area contributed by atoms with Crippen LogP contribution < -0.4 is 4.90 Å². The van der Waals surface area contributed by atoms with E-state index in [9.17, 15) is 0 Å². The molecule has 2 heterocycles. The summed E-state index contributed by atoms with van der Waals surface area (Å²) in [6.45, 7) is 3.48. The third-order valence-electron chi connectivity index (χ3n) is 3.40.